The Morgan fingerprint density at radius 3 is 2.33 bits per heavy atom. The number of carbonyl (C=O) groups excluding carboxylic acids is 1. The summed E-state index contributed by atoms with van der Waals surface area (Å²) in [5.74, 6) is 1.19. The van der Waals surface area contributed by atoms with Gasteiger partial charge in [-0.15, -0.1) is 4.89 Å². The zero-order chi connectivity index (χ0) is 19.3. The third kappa shape index (κ3) is 3.76. The second kappa shape index (κ2) is 7.13. The minimum absolute atomic E-state index is 0.0647. The van der Waals surface area contributed by atoms with E-state index in [9.17, 15) is 13.6 Å². The van der Waals surface area contributed by atoms with E-state index in [0.29, 0.717) is 17.3 Å². The number of halogens is 2. The van der Waals surface area contributed by atoms with Crippen LogP contribution < -0.4 is 0 Å². The molecule has 0 radical (unpaired) electrons. The van der Waals surface area contributed by atoms with Crippen molar-refractivity contribution in [2.24, 2.45) is 34.5 Å². The molecule has 5 fully saturated rings. The van der Waals surface area contributed by atoms with Gasteiger partial charge in [0, 0.05) is 18.3 Å². The second-order valence-corrected chi connectivity index (χ2v) is 10.2. The molecule has 7 heteroatoms. The molecule has 2 atom stereocenters. The molecule has 5 saturated carbocycles. The molecule has 27 heavy (non-hydrogen) atoms. The van der Waals surface area contributed by atoms with Crippen molar-refractivity contribution in [3.05, 3.63) is 0 Å². The summed E-state index contributed by atoms with van der Waals surface area (Å²) < 4.78 is 35.8. The molecule has 5 rings (SSSR count). The van der Waals surface area contributed by atoms with Crippen LogP contribution in [0.4, 0.5) is 8.78 Å². The Bertz CT molecular complexity index is 562. The van der Waals surface area contributed by atoms with Gasteiger partial charge < -0.3 is 4.74 Å². The molecule has 0 heterocycles. The van der Waals surface area contributed by atoms with Crippen LogP contribution in [0.25, 0.3) is 0 Å². The smallest absolute Gasteiger partial charge is 0.459 e. The molecule has 5 aliphatic rings. The summed E-state index contributed by atoms with van der Waals surface area (Å²) in [5.41, 5.74) is 0.199. The Morgan fingerprint density at radius 2 is 1.74 bits per heavy atom. The molecule has 4 bridgehead atoms. The van der Waals surface area contributed by atoms with E-state index in [1.165, 1.54) is 44.9 Å². The highest BCUT2D eigenvalue weighted by Gasteiger charge is 2.60. The van der Waals surface area contributed by atoms with Crippen molar-refractivity contribution in [3.63, 3.8) is 0 Å². The largest absolute Gasteiger partial charge is 0.483 e. The third-order valence-electron chi connectivity index (χ3n) is 8.00. The van der Waals surface area contributed by atoms with Crippen LogP contribution in [-0.2, 0) is 18.8 Å². The monoisotopic (exact) mass is 404 g/mol. The van der Waals surface area contributed by atoms with Crippen molar-refractivity contribution in [1.29, 1.82) is 0 Å². The van der Waals surface area contributed by atoms with E-state index >= 15 is 0 Å². The molecule has 0 aromatic heterocycles. The average Bonchev–Trinajstić information content (AvgIpc) is 2.59. The minimum atomic E-state index is -4.12. The summed E-state index contributed by atoms with van der Waals surface area (Å²) in [4.78, 5) is 15.4. The number of rotatable bonds is 6. The maximum absolute atomic E-state index is 13.5. The molecule has 0 spiro atoms. The Hall–Kier alpha value is -0.400. The van der Waals surface area contributed by atoms with Crippen molar-refractivity contribution in [1.82, 2.24) is 0 Å². The number of thiol groups is 1. The van der Waals surface area contributed by atoms with Crippen molar-refractivity contribution in [2.75, 3.05) is 6.61 Å². The fraction of sp³-hybridized carbons (Fsp3) is 0.950. The highest BCUT2D eigenvalue weighted by atomic mass is 32.1. The number of esters is 1. The standard InChI is InChI=1S/C20H30F2O4S/c1-13-2-4-16(5-3-13)19-9-14-6-15(10-19)8-18(7-14,11-19)12-24-17(23)20(21,22)25-26-27/h13-16,27H,2-12H2,1H3. The van der Waals surface area contributed by atoms with Crippen molar-refractivity contribution < 1.29 is 27.5 Å². The molecule has 0 N–H and O–H groups in total. The van der Waals surface area contributed by atoms with Crippen LogP contribution in [0, 0.1) is 34.5 Å². The summed E-state index contributed by atoms with van der Waals surface area (Å²) in [6.45, 7) is 2.41. The summed E-state index contributed by atoms with van der Waals surface area (Å²) in [6, 6.07) is 0. The first-order chi connectivity index (χ1) is 12.8. The van der Waals surface area contributed by atoms with E-state index < -0.39 is 12.1 Å². The van der Waals surface area contributed by atoms with E-state index in [4.69, 9.17) is 4.74 Å². The Labute approximate surface area is 165 Å². The van der Waals surface area contributed by atoms with Gasteiger partial charge in [0.2, 0.25) is 0 Å². The normalized spacial score (nSPS) is 43.7. The number of ether oxygens (including phenoxy) is 1. The summed E-state index contributed by atoms with van der Waals surface area (Å²) in [5, 5.41) is 0. The molecule has 4 nitrogen and oxygen atoms in total. The first kappa shape index (κ1) is 19.9. The lowest BCUT2D eigenvalue weighted by molar-refractivity contribution is -0.370. The molecule has 0 saturated heterocycles. The van der Waals surface area contributed by atoms with Gasteiger partial charge in [0.25, 0.3) is 0 Å². The predicted octanol–water partition coefficient (Wildman–Crippen LogP) is 5.33. The van der Waals surface area contributed by atoms with Gasteiger partial charge in [-0.1, -0.05) is 19.8 Å². The predicted molar refractivity (Wildman–Crippen MR) is 97.7 cm³/mol. The van der Waals surface area contributed by atoms with E-state index in [1.807, 2.05) is 0 Å². The molecule has 0 aliphatic heterocycles. The van der Waals surface area contributed by atoms with Gasteiger partial charge >= 0.3 is 12.1 Å². The van der Waals surface area contributed by atoms with Gasteiger partial charge in [-0.05, 0) is 80.5 Å². The average molecular weight is 405 g/mol. The highest BCUT2D eigenvalue weighted by Crippen LogP contribution is 2.69. The number of hydrogen-bond acceptors (Lipinski definition) is 5. The maximum Gasteiger partial charge on any atom is 0.483 e. The van der Waals surface area contributed by atoms with Gasteiger partial charge in [0.1, 0.15) is 0 Å². The van der Waals surface area contributed by atoms with E-state index in [0.717, 1.165) is 31.1 Å². The third-order valence-corrected chi connectivity index (χ3v) is 8.07. The molecule has 154 valence electrons. The Balaban J connectivity index is 1.46. The van der Waals surface area contributed by atoms with Gasteiger partial charge in [-0.2, -0.15) is 13.1 Å². The van der Waals surface area contributed by atoms with Gasteiger partial charge in [0.05, 0.1) is 6.61 Å². The number of hydrogen-bond donors (Lipinski definition) is 1. The molecule has 5 aliphatic carbocycles. The molecule has 0 amide bonds. The Kier molecular flexibility index (Phi) is 5.26. The maximum atomic E-state index is 13.5. The van der Waals surface area contributed by atoms with Crippen LogP contribution in [0.2, 0.25) is 0 Å². The molecule has 2 unspecified atom stereocenters. The van der Waals surface area contributed by atoms with E-state index in [-0.39, 0.29) is 12.0 Å². The number of carbonyl (C=O) groups is 1. The van der Waals surface area contributed by atoms with Crippen LogP contribution >= 0.6 is 12.9 Å². The fourth-order valence-electron chi connectivity index (χ4n) is 7.43. The quantitative estimate of drug-likeness (QED) is 0.214. The highest BCUT2D eigenvalue weighted by molar-refractivity contribution is 7.74. The van der Waals surface area contributed by atoms with Crippen LogP contribution in [0.3, 0.4) is 0 Å². The first-order valence-corrected chi connectivity index (χ1v) is 10.7. The molecule has 0 aromatic rings. The fourth-order valence-corrected chi connectivity index (χ4v) is 7.52. The zero-order valence-corrected chi connectivity index (χ0v) is 16.8. The van der Waals surface area contributed by atoms with Crippen molar-refractivity contribution >= 4 is 18.9 Å². The zero-order valence-electron chi connectivity index (χ0n) is 15.9. The van der Waals surface area contributed by atoms with Crippen LogP contribution in [0.5, 0.6) is 0 Å². The van der Waals surface area contributed by atoms with E-state index in [2.05, 4.69) is 29.1 Å². The SMILES string of the molecule is CC1CCC(C23CC4CC(CC(COC(=O)C(F)(F)OOS)(C4)C2)C3)CC1. The lowest BCUT2D eigenvalue weighted by atomic mass is 9.41. The topological polar surface area (TPSA) is 44.8 Å². The molecular formula is C20H30F2O4S. The summed E-state index contributed by atoms with van der Waals surface area (Å²) in [7, 11) is 0. The molecule has 0 aromatic carbocycles. The lowest BCUT2D eigenvalue weighted by Crippen LogP contribution is -2.56. The summed E-state index contributed by atoms with van der Waals surface area (Å²) in [6.07, 6.45) is 7.91. The van der Waals surface area contributed by atoms with Crippen LogP contribution in [0.15, 0.2) is 0 Å². The van der Waals surface area contributed by atoms with Crippen molar-refractivity contribution in [3.8, 4) is 0 Å². The Morgan fingerprint density at radius 1 is 1.11 bits per heavy atom. The van der Waals surface area contributed by atoms with Crippen LogP contribution in [-0.4, -0.2) is 18.7 Å². The van der Waals surface area contributed by atoms with Crippen LogP contribution in [0.1, 0.15) is 71.1 Å². The first-order valence-electron chi connectivity index (χ1n) is 10.3. The minimum Gasteiger partial charge on any atom is -0.459 e. The van der Waals surface area contributed by atoms with E-state index in [1.54, 1.807) is 0 Å². The number of alkyl halides is 2. The molecular weight excluding hydrogens is 374 g/mol. The lowest BCUT2D eigenvalue weighted by Gasteiger charge is -2.64. The van der Waals surface area contributed by atoms with Crippen molar-refractivity contribution in [2.45, 2.75) is 77.2 Å². The van der Waals surface area contributed by atoms with Gasteiger partial charge in [-0.25, -0.2) is 4.79 Å². The second-order valence-electron chi connectivity index (χ2n) is 10.0. The summed E-state index contributed by atoms with van der Waals surface area (Å²) >= 11 is 3.12. The van der Waals surface area contributed by atoms with Gasteiger partial charge in [0.15, 0.2) is 0 Å². The van der Waals surface area contributed by atoms with Gasteiger partial charge in [-0.3, -0.25) is 0 Å².